The zero-order valence-electron chi connectivity index (χ0n) is 14.2. The normalized spacial score (nSPS) is 16.5. The minimum atomic E-state index is 0.0276. The lowest BCUT2D eigenvalue weighted by molar-refractivity contribution is 0.0957. The van der Waals surface area contributed by atoms with Crippen molar-refractivity contribution in [1.29, 1.82) is 0 Å². The molecule has 1 saturated heterocycles. The summed E-state index contributed by atoms with van der Waals surface area (Å²) in [5.41, 5.74) is 1.91. The molecule has 1 aliphatic rings. The maximum absolute atomic E-state index is 12.6. The number of ether oxygens (including phenoxy) is 1. The van der Waals surface area contributed by atoms with Crippen LogP contribution in [0.15, 0.2) is 18.2 Å². The summed E-state index contributed by atoms with van der Waals surface area (Å²) in [5.74, 6) is 0.847. The minimum Gasteiger partial charge on any atom is -0.496 e. The summed E-state index contributed by atoms with van der Waals surface area (Å²) in [7, 11) is 1.62. The van der Waals surface area contributed by atoms with E-state index in [1.165, 1.54) is 5.56 Å². The largest absolute Gasteiger partial charge is 0.496 e. The van der Waals surface area contributed by atoms with Gasteiger partial charge < -0.3 is 15.0 Å². The Morgan fingerprint density at radius 1 is 1.27 bits per heavy atom. The van der Waals surface area contributed by atoms with Crippen LogP contribution in [0, 0.1) is 0 Å². The Morgan fingerprint density at radius 2 is 1.95 bits per heavy atom. The van der Waals surface area contributed by atoms with E-state index in [2.05, 4.69) is 31.0 Å². The van der Waals surface area contributed by atoms with E-state index in [1.807, 2.05) is 18.2 Å². The third-order valence-corrected chi connectivity index (χ3v) is 4.23. The van der Waals surface area contributed by atoms with Crippen LogP contribution in [0.1, 0.15) is 43.1 Å². The summed E-state index contributed by atoms with van der Waals surface area (Å²) in [6.45, 7) is 11.4. The maximum Gasteiger partial charge on any atom is 0.167 e. The first-order valence-electron chi connectivity index (χ1n) is 8.06. The predicted octanol–water partition coefficient (Wildman–Crippen LogP) is 2.47. The molecule has 0 saturated carbocycles. The molecule has 0 atom stereocenters. The molecule has 22 heavy (non-hydrogen) atoms. The summed E-state index contributed by atoms with van der Waals surface area (Å²) in [4.78, 5) is 15.0. The predicted molar refractivity (Wildman–Crippen MR) is 90.0 cm³/mol. The second-order valence-electron chi connectivity index (χ2n) is 6.93. The summed E-state index contributed by atoms with van der Waals surface area (Å²) in [6.07, 6.45) is 0.546. The molecule has 0 bridgehead atoms. The van der Waals surface area contributed by atoms with Crippen molar-refractivity contribution in [3.63, 3.8) is 0 Å². The molecule has 0 unspecified atom stereocenters. The monoisotopic (exact) mass is 304 g/mol. The number of carbonyl (C=O) groups excluding carboxylic acids is 1. The van der Waals surface area contributed by atoms with Crippen molar-refractivity contribution in [2.45, 2.75) is 32.6 Å². The SMILES string of the molecule is COc1ccc(C(C)(C)C)cc1C(=O)CCN1CCNCC1. The molecular weight excluding hydrogens is 276 g/mol. The van der Waals surface area contributed by atoms with Gasteiger partial charge in [0.15, 0.2) is 5.78 Å². The van der Waals surface area contributed by atoms with E-state index in [0.717, 1.165) is 32.7 Å². The highest BCUT2D eigenvalue weighted by Crippen LogP contribution is 2.28. The fourth-order valence-electron chi connectivity index (χ4n) is 2.72. The number of ketones is 1. The summed E-state index contributed by atoms with van der Waals surface area (Å²) >= 11 is 0. The molecule has 0 aliphatic carbocycles. The molecule has 1 N–H and O–H groups in total. The standard InChI is InChI=1S/C18H28N2O2/c1-18(2,3)14-5-6-17(22-4)15(13-14)16(21)7-10-20-11-8-19-9-12-20/h5-6,13,19H,7-12H2,1-4H3. The van der Waals surface area contributed by atoms with Crippen LogP contribution >= 0.6 is 0 Å². The van der Waals surface area contributed by atoms with Gasteiger partial charge in [0.05, 0.1) is 12.7 Å². The Hall–Kier alpha value is -1.39. The van der Waals surface area contributed by atoms with Crippen molar-refractivity contribution in [1.82, 2.24) is 10.2 Å². The molecule has 1 aromatic rings. The summed E-state index contributed by atoms with van der Waals surface area (Å²) < 4.78 is 5.38. The molecule has 4 heteroatoms. The van der Waals surface area contributed by atoms with E-state index in [1.54, 1.807) is 7.11 Å². The van der Waals surface area contributed by atoms with Crippen molar-refractivity contribution < 1.29 is 9.53 Å². The molecule has 1 aromatic carbocycles. The van der Waals surface area contributed by atoms with Gasteiger partial charge in [-0.3, -0.25) is 4.79 Å². The minimum absolute atomic E-state index is 0.0276. The molecule has 1 fully saturated rings. The highest BCUT2D eigenvalue weighted by Gasteiger charge is 2.20. The van der Waals surface area contributed by atoms with Crippen molar-refractivity contribution in [2.24, 2.45) is 0 Å². The quantitative estimate of drug-likeness (QED) is 0.849. The van der Waals surface area contributed by atoms with Crippen LogP contribution in [0.2, 0.25) is 0 Å². The Bertz CT molecular complexity index is 514. The van der Waals surface area contributed by atoms with Crippen molar-refractivity contribution in [3.8, 4) is 5.75 Å². The van der Waals surface area contributed by atoms with Crippen molar-refractivity contribution in [3.05, 3.63) is 29.3 Å². The number of methoxy groups -OCH3 is 1. The average Bonchev–Trinajstić information content (AvgIpc) is 2.52. The highest BCUT2D eigenvalue weighted by atomic mass is 16.5. The number of nitrogens with one attached hydrogen (secondary N) is 1. The lowest BCUT2D eigenvalue weighted by Gasteiger charge is -2.27. The fourth-order valence-corrected chi connectivity index (χ4v) is 2.72. The lowest BCUT2D eigenvalue weighted by Crippen LogP contribution is -2.44. The average molecular weight is 304 g/mol. The van der Waals surface area contributed by atoms with E-state index >= 15 is 0 Å². The third-order valence-electron chi connectivity index (χ3n) is 4.23. The molecule has 0 spiro atoms. The first-order chi connectivity index (χ1) is 10.4. The number of benzene rings is 1. The Morgan fingerprint density at radius 3 is 2.55 bits per heavy atom. The van der Waals surface area contributed by atoms with E-state index < -0.39 is 0 Å². The number of carbonyl (C=O) groups is 1. The number of piperazine rings is 1. The van der Waals surface area contributed by atoms with Gasteiger partial charge in [0.2, 0.25) is 0 Å². The first-order valence-corrected chi connectivity index (χ1v) is 8.06. The zero-order chi connectivity index (χ0) is 16.2. The summed E-state index contributed by atoms with van der Waals surface area (Å²) in [5, 5.41) is 3.33. The van der Waals surface area contributed by atoms with Crippen LogP contribution in [0.5, 0.6) is 5.75 Å². The van der Waals surface area contributed by atoms with Gasteiger partial charge in [0, 0.05) is 39.1 Å². The summed E-state index contributed by atoms with van der Waals surface area (Å²) in [6, 6.07) is 5.96. The molecule has 0 radical (unpaired) electrons. The van der Waals surface area contributed by atoms with E-state index in [4.69, 9.17) is 4.74 Å². The van der Waals surface area contributed by atoms with Gasteiger partial charge in [-0.05, 0) is 23.1 Å². The van der Waals surface area contributed by atoms with E-state index in [9.17, 15) is 4.79 Å². The number of nitrogens with zero attached hydrogens (tertiary/aromatic N) is 1. The fraction of sp³-hybridized carbons (Fsp3) is 0.611. The topological polar surface area (TPSA) is 41.6 Å². The lowest BCUT2D eigenvalue weighted by atomic mass is 9.85. The number of Topliss-reactive ketones (excluding diaryl/α,β-unsaturated/α-hetero) is 1. The zero-order valence-corrected chi connectivity index (χ0v) is 14.2. The van der Waals surface area contributed by atoms with Gasteiger partial charge in [-0.2, -0.15) is 0 Å². The van der Waals surface area contributed by atoms with Gasteiger partial charge in [0.25, 0.3) is 0 Å². The second-order valence-corrected chi connectivity index (χ2v) is 6.93. The molecule has 1 heterocycles. The van der Waals surface area contributed by atoms with Crippen LogP contribution < -0.4 is 10.1 Å². The second kappa shape index (κ2) is 7.25. The molecule has 122 valence electrons. The first kappa shape index (κ1) is 17.0. The van der Waals surface area contributed by atoms with E-state index in [0.29, 0.717) is 17.7 Å². The van der Waals surface area contributed by atoms with Gasteiger partial charge in [0.1, 0.15) is 5.75 Å². The molecule has 1 aliphatic heterocycles. The molecular formula is C18H28N2O2. The van der Waals surface area contributed by atoms with Crippen LogP contribution in [0.4, 0.5) is 0 Å². The maximum atomic E-state index is 12.6. The Labute approximate surface area is 133 Å². The van der Waals surface area contributed by atoms with E-state index in [-0.39, 0.29) is 11.2 Å². The molecule has 4 nitrogen and oxygen atoms in total. The van der Waals surface area contributed by atoms with Crippen molar-refractivity contribution in [2.75, 3.05) is 39.8 Å². The van der Waals surface area contributed by atoms with Gasteiger partial charge >= 0.3 is 0 Å². The van der Waals surface area contributed by atoms with Crippen LogP contribution in [-0.4, -0.2) is 50.5 Å². The number of rotatable bonds is 5. The smallest absolute Gasteiger partial charge is 0.167 e. The number of hydrogen-bond acceptors (Lipinski definition) is 4. The third kappa shape index (κ3) is 4.31. The van der Waals surface area contributed by atoms with Crippen LogP contribution in [-0.2, 0) is 5.41 Å². The highest BCUT2D eigenvalue weighted by molar-refractivity contribution is 5.99. The molecule has 2 rings (SSSR count). The van der Waals surface area contributed by atoms with Crippen molar-refractivity contribution >= 4 is 5.78 Å². The van der Waals surface area contributed by atoms with Gasteiger partial charge in [-0.25, -0.2) is 0 Å². The van der Waals surface area contributed by atoms with Crippen LogP contribution in [0.3, 0.4) is 0 Å². The van der Waals surface area contributed by atoms with Gasteiger partial charge in [-0.15, -0.1) is 0 Å². The number of hydrogen-bond donors (Lipinski definition) is 1. The Balaban J connectivity index is 2.09. The van der Waals surface area contributed by atoms with Crippen LogP contribution in [0.25, 0.3) is 0 Å². The molecule has 0 aromatic heterocycles. The molecule has 0 amide bonds. The van der Waals surface area contributed by atoms with Gasteiger partial charge in [-0.1, -0.05) is 26.8 Å². The Kier molecular flexibility index (Phi) is 5.59.